The fraction of sp³-hybridized carbons (Fsp3) is 0.267. The molecule has 2 aromatic rings. The van der Waals surface area contributed by atoms with Gasteiger partial charge in [-0.15, -0.1) is 0 Å². The summed E-state index contributed by atoms with van der Waals surface area (Å²) in [5, 5.41) is 22.4. The largest absolute Gasteiger partial charge is 0.508 e. The van der Waals surface area contributed by atoms with Gasteiger partial charge in [0.05, 0.1) is 0 Å². The second-order valence-corrected chi connectivity index (χ2v) is 4.68. The van der Waals surface area contributed by atoms with Crippen LogP contribution in [0.3, 0.4) is 0 Å². The summed E-state index contributed by atoms with van der Waals surface area (Å²) in [6.45, 7) is 4.04. The third kappa shape index (κ3) is 3.45. The molecular weight excluding hydrogens is 240 g/mol. The molecule has 1 heterocycles. The van der Waals surface area contributed by atoms with Crippen LogP contribution in [0, 0.1) is 0 Å². The number of nitrogens with one attached hydrogen (secondary N) is 1. The number of aromatic hydroxyl groups is 2. The monoisotopic (exact) mass is 258 g/mol. The Morgan fingerprint density at radius 1 is 1.00 bits per heavy atom. The van der Waals surface area contributed by atoms with Crippen LogP contribution in [0.5, 0.6) is 11.5 Å². The average Bonchev–Trinajstić information content (AvgIpc) is 2.38. The van der Waals surface area contributed by atoms with E-state index >= 15 is 0 Å². The molecule has 1 aromatic carbocycles. The van der Waals surface area contributed by atoms with Crippen molar-refractivity contribution >= 4 is 0 Å². The number of phenols is 2. The Hall–Kier alpha value is -2.07. The summed E-state index contributed by atoms with van der Waals surface area (Å²) in [7, 11) is 0. The van der Waals surface area contributed by atoms with Gasteiger partial charge in [0.2, 0.25) is 0 Å². The summed E-state index contributed by atoms with van der Waals surface area (Å²) in [6.07, 6.45) is 3.57. The molecule has 0 saturated heterocycles. The van der Waals surface area contributed by atoms with Crippen molar-refractivity contribution in [2.45, 2.75) is 25.9 Å². The number of pyridine rings is 1. The molecule has 1 aromatic heterocycles. The molecule has 100 valence electrons. The standard InChI is InChI=1S/C15H18N2O2/c1-10(12-4-3-5-16-9-12)17-11(2)13-6-14(18)8-15(19)7-13/h3-11,17-19H,1-2H3/t10-,11?/m0/s1. The lowest BCUT2D eigenvalue weighted by molar-refractivity contribution is 0.442. The molecule has 4 nitrogen and oxygen atoms in total. The molecular formula is C15H18N2O2. The van der Waals surface area contributed by atoms with E-state index in [2.05, 4.69) is 17.2 Å². The zero-order valence-electron chi connectivity index (χ0n) is 11.0. The van der Waals surface area contributed by atoms with Crippen molar-refractivity contribution in [3.63, 3.8) is 0 Å². The van der Waals surface area contributed by atoms with Crippen molar-refractivity contribution < 1.29 is 10.2 Å². The van der Waals surface area contributed by atoms with Gasteiger partial charge in [-0.2, -0.15) is 0 Å². The van der Waals surface area contributed by atoms with Gasteiger partial charge in [-0.3, -0.25) is 4.98 Å². The van der Waals surface area contributed by atoms with Gasteiger partial charge in [-0.25, -0.2) is 0 Å². The minimum atomic E-state index is 0.00760. The van der Waals surface area contributed by atoms with Gasteiger partial charge < -0.3 is 15.5 Å². The summed E-state index contributed by atoms with van der Waals surface area (Å²) in [5.41, 5.74) is 1.94. The second-order valence-electron chi connectivity index (χ2n) is 4.68. The molecule has 0 amide bonds. The lowest BCUT2D eigenvalue weighted by atomic mass is 10.0. The van der Waals surface area contributed by atoms with E-state index < -0.39 is 0 Å². The summed E-state index contributed by atoms with van der Waals surface area (Å²) in [5.74, 6) is 0.135. The van der Waals surface area contributed by atoms with Crippen LogP contribution < -0.4 is 5.32 Å². The molecule has 0 bridgehead atoms. The molecule has 2 atom stereocenters. The maximum absolute atomic E-state index is 9.50. The van der Waals surface area contributed by atoms with Crippen LogP contribution in [-0.4, -0.2) is 15.2 Å². The molecule has 2 rings (SSSR count). The normalized spacial score (nSPS) is 14.0. The minimum Gasteiger partial charge on any atom is -0.508 e. The van der Waals surface area contributed by atoms with E-state index in [0.29, 0.717) is 0 Å². The maximum Gasteiger partial charge on any atom is 0.119 e. The topological polar surface area (TPSA) is 65.4 Å². The van der Waals surface area contributed by atoms with Crippen LogP contribution in [0.15, 0.2) is 42.7 Å². The van der Waals surface area contributed by atoms with Gasteiger partial charge in [0, 0.05) is 30.5 Å². The van der Waals surface area contributed by atoms with Crippen LogP contribution in [0.25, 0.3) is 0 Å². The Morgan fingerprint density at radius 3 is 2.21 bits per heavy atom. The average molecular weight is 258 g/mol. The van der Waals surface area contributed by atoms with E-state index in [-0.39, 0.29) is 23.6 Å². The molecule has 3 N–H and O–H groups in total. The van der Waals surface area contributed by atoms with Crippen LogP contribution in [0.1, 0.15) is 37.1 Å². The first-order valence-corrected chi connectivity index (χ1v) is 6.25. The first kappa shape index (κ1) is 13.4. The highest BCUT2D eigenvalue weighted by Gasteiger charge is 2.12. The van der Waals surface area contributed by atoms with E-state index in [1.807, 2.05) is 25.3 Å². The molecule has 0 fully saturated rings. The zero-order chi connectivity index (χ0) is 13.8. The van der Waals surface area contributed by atoms with E-state index in [1.54, 1.807) is 18.3 Å². The van der Waals surface area contributed by atoms with Crippen molar-refractivity contribution in [2.24, 2.45) is 0 Å². The summed E-state index contributed by atoms with van der Waals surface area (Å²) in [4.78, 5) is 4.09. The summed E-state index contributed by atoms with van der Waals surface area (Å²) in [6, 6.07) is 8.67. The van der Waals surface area contributed by atoms with Gasteiger partial charge >= 0.3 is 0 Å². The Bertz CT molecular complexity index is 523. The van der Waals surface area contributed by atoms with Crippen molar-refractivity contribution in [2.75, 3.05) is 0 Å². The highest BCUT2D eigenvalue weighted by molar-refractivity contribution is 5.38. The van der Waals surface area contributed by atoms with Crippen LogP contribution >= 0.6 is 0 Å². The highest BCUT2D eigenvalue weighted by Crippen LogP contribution is 2.26. The summed E-state index contributed by atoms with van der Waals surface area (Å²) < 4.78 is 0. The number of nitrogens with zero attached hydrogens (tertiary/aromatic N) is 1. The molecule has 0 saturated carbocycles. The Kier molecular flexibility index (Phi) is 4.02. The Labute approximate surface area is 112 Å². The predicted octanol–water partition coefficient (Wildman–Crippen LogP) is 2.90. The summed E-state index contributed by atoms with van der Waals surface area (Å²) >= 11 is 0. The van der Waals surface area contributed by atoms with Gasteiger partial charge in [0.1, 0.15) is 11.5 Å². The fourth-order valence-corrected chi connectivity index (χ4v) is 2.07. The molecule has 0 aliphatic carbocycles. The fourth-order valence-electron chi connectivity index (χ4n) is 2.07. The number of phenolic OH excluding ortho intramolecular Hbond substituents is 2. The number of hydrogen-bond acceptors (Lipinski definition) is 4. The van der Waals surface area contributed by atoms with Crippen molar-refractivity contribution in [3.05, 3.63) is 53.9 Å². The van der Waals surface area contributed by atoms with Gasteiger partial charge in [-0.1, -0.05) is 6.07 Å². The van der Waals surface area contributed by atoms with Gasteiger partial charge in [0.15, 0.2) is 0 Å². The third-order valence-corrected chi connectivity index (χ3v) is 3.11. The quantitative estimate of drug-likeness (QED) is 0.789. The van der Waals surface area contributed by atoms with E-state index in [9.17, 15) is 10.2 Å². The molecule has 4 heteroatoms. The van der Waals surface area contributed by atoms with Gasteiger partial charge in [-0.05, 0) is 43.2 Å². The van der Waals surface area contributed by atoms with Crippen molar-refractivity contribution in [3.8, 4) is 11.5 Å². The van der Waals surface area contributed by atoms with Crippen LogP contribution in [0.4, 0.5) is 0 Å². The SMILES string of the molecule is CC(N[C@@H](C)c1cccnc1)c1cc(O)cc(O)c1. The lowest BCUT2D eigenvalue weighted by Crippen LogP contribution is -2.22. The third-order valence-electron chi connectivity index (χ3n) is 3.11. The molecule has 0 radical (unpaired) electrons. The lowest BCUT2D eigenvalue weighted by Gasteiger charge is -2.20. The number of aromatic nitrogens is 1. The second kappa shape index (κ2) is 5.71. The zero-order valence-corrected chi connectivity index (χ0v) is 11.0. The van der Waals surface area contributed by atoms with Crippen LogP contribution in [0.2, 0.25) is 0 Å². The molecule has 1 unspecified atom stereocenters. The van der Waals surface area contributed by atoms with Crippen molar-refractivity contribution in [1.29, 1.82) is 0 Å². The first-order chi connectivity index (χ1) is 9.06. The molecule has 0 spiro atoms. The predicted molar refractivity (Wildman–Crippen MR) is 74.0 cm³/mol. The van der Waals surface area contributed by atoms with Crippen molar-refractivity contribution in [1.82, 2.24) is 10.3 Å². The Morgan fingerprint density at radius 2 is 1.63 bits per heavy atom. The molecule has 0 aliphatic rings. The van der Waals surface area contributed by atoms with E-state index in [0.717, 1.165) is 11.1 Å². The minimum absolute atomic E-state index is 0.00760. The van der Waals surface area contributed by atoms with Crippen LogP contribution in [-0.2, 0) is 0 Å². The smallest absolute Gasteiger partial charge is 0.119 e. The number of rotatable bonds is 4. The first-order valence-electron chi connectivity index (χ1n) is 6.25. The highest BCUT2D eigenvalue weighted by atomic mass is 16.3. The van der Waals surface area contributed by atoms with E-state index in [1.165, 1.54) is 6.07 Å². The number of hydrogen-bond donors (Lipinski definition) is 3. The Balaban J connectivity index is 2.10. The molecule has 19 heavy (non-hydrogen) atoms. The van der Waals surface area contributed by atoms with E-state index in [4.69, 9.17) is 0 Å². The molecule has 0 aliphatic heterocycles. The maximum atomic E-state index is 9.50. The van der Waals surface area contributed by atoms with Gasteiger partial charge in [0.25, 0.3) is 0 Å². The number of benzene rings is 1.